The molecule has 0 heterocycles. The van der Waals surface area contributed by atoms with Gasteiger partial charge < -0.3 is 10.1 Å². The third-order valence-electron chi connectivity index (χ3n) is 1.67. The first kappa shape index (κ1) is 11.1. The Morgan fingerprint density at radius 1 is 1.50 bits per heavy atom. The molecule has 0 aromatic rings. The van der Waals surface area contributed by atoms with Crippen LogP contribution in [0.4, 0.5) is 0 Å². The van der Waals surface area contributed by atoms with E-state index >= 15 is 0 Å². The first-order chi connectivity index (χ1) is 5.61. The molecule has 0 aliphatic carbocycles. The standard InChI is InChI=1S/C9H17NO2/c1-4-5-9(12)10-8(6-11)7(2)3/h6-8H,4-5H2,1-3H3,(H,10,12). The van der Waals surface area contributed by atoms with Crippen LogP contribution in [0.1, 0.15) is 33.6 Å². The van der Waals surface area contributed by atoms with Crippen LogP contribution in [0, 0.1) is 5.92 Å². The lowest BCUT2D eigenvalue weighted by atomic mass is 10.1. The molecule has 0 bridgehead atoms. The molecule has 0 aliphatic rings. The van der Waals surface area contributed by atoms with E-state index < -0.39 is 0 Å². The maximum Gasteiger partial charge on any atom is 0.220 e. The summed E-state index contributed by atoms with van der Waals surface area (Å²) in [5.74, 6) is 0.131. The Labute approximate surface area is 73.5 Å². The fraction of sp³-hybridized carbons (Fsp3) is 0.778. The van der Waals surface area contributed by atoms with E-state index in [1.165, 1.54) is 0 Å². The second-order valence-electron chi connectivity index (χ2n) is 3.22. The van der Waals surface area contributed by atoms with Crippen molar-refractivity contribution in [2.24, 2.45) is 5.92 Å². The Kier molecular flexibility index (Phi) is 5.34. The van der Waals surface area contributed by atoms with Crippen LogP contribution in [-0.2, 0) is 9.59 Å². The highest BCUT2D eigenvalue weighted by Crippen LogP contribution is 1.99. The van der Waals surface area contributed by atoms with Crippen molar-refractivity contribution in [2.45, 2.75) is 39.7 Å². The van der Waals surface area contributed by atoms with Crippen LogP contribution in [-0.4, -0.2) is 18.2 Å². The largest absolute Gasteiger partial charge is 0.346 e. The Morgan fingerprint density at radius 2 is 2.08 bits per heavy atom. The van der Waals surface area contributed by atoms with Crippen molar-refractivity contribution in [3.05, 3.63) is 0 Å². The number of amides is 1. The number of rotatable bonds is 5. The summed E-state index contributed by atoms with van der Waals surface area (Å²) in [6, 6.07) is -0.330. The van der Waals surface area contributed by atoms with E-state index in [2.05, 4.69) is 5.32 Å². The summed E-state index contributed by atoms with van der Waals surface area (Å²) < 4.78 is 0. The van der Waals surface area contributed by atoms with Crippen molar-refractivity contribution in [1.82, 2.24) is 5.32 Å². The van der Waals surface area contributed by atoms with E-state index in [4.69, 9.17) is 0 Å². The Balaban J connectivity index is 3.85. The number of aldehydes is 1. The first-order valence-corrected chi connectivity index (χ1v) is 4.36. The minimum Gasteiger partial charge on any atom is -0.346 e. The lowest BCUT2D eigenvalue weighted by Gasteiger charge is -2.15. The summed E-state index contributed by atoms with van der Waals surface area (Å²) in [6.45, 7) is 5.75. The molecule has 3 heteroatoms. The fourth-order valence-electron chi connectivity index (χ4n) is 0.843. The first-order valence-electron chi connectivity index (χ1n) is 4.36. The molecule has 1 atom stereocenters. The van der Waals surface area contributed by atoms with E-state index in [-0.39, 0.29) is 17.9 Å². The van der Waals surface area contributed by atoms with Crippen LogP contribution >= 0.6 is 0 Å². The highest BCUT2D eigenvalue weighted by Gasteiger charge is 2.13. The fourth-order valence-corrected chi connectivity index (χ4v) is 0.843. The summed E-state index contributed by atoms with van der Waals surface area (Å²) in [5.41, 5.74) is 0. The molecule has 0 aromatic carbocycles. The van der Waals surface area contributed by atoms with E-state index in [1.807, 2.05) is 20.8 Å². The maximum absolute atomic E-state index is 11.0. The quantitative estimate of drug-likeness (QED) is 0.630. The minimum atomic E-state index is -0.330. The average Bonchev–Trinajstić information content (AvgIpc) is 2.00. The van der Waals surface area contributed by atoms with Gasteiger partial charge in [-0.25, -0.2) is 0 Å². The topological polar surface area (TPSA) is 46.2 Å². The third kappa shape index (κ3) is 4.11. The molecule has 1 amide bonds. The van der Waals surface area contributed by atoms with Gasteiger partial charge in [0.1, 0.15) is 6.29 Å². The highest BCUT2D eigenvalue weighted by molar-refractivity contribution is 5.79. The molecule has 3 nitrogen and oxygen atoms in total. The Bertz CT molecular complexity index is 155. The SMILES string of the molecule is CCCC(=O)NC(C=O)C(C)C. The van der Waals surface area contributed by atoms with Crippen LogP contribution < -0.4 is 5.32 Å². The number of carbonyl (C=O) groups is 2. The van der Waals surface area contributed by atoms with Crippen molar-refractivity contribution in [2.75, 3.05) is 0 Å². The summed E-state index contributed by atoms with van der Waals surface area (Å²) in [4.78, 5) is 21.5. The van der Waals surface area contributed by atoms with Crippen LogP contribution in [0.15, 0.2) is 0 Å². The Hall–Kier alpha value is -0.860. The monoisotopic (exact) mass is 171 g/mol. The zero-order valence-corrected chi connectivity index (χ0v) is 7.96. The minimum absolute atomic E-state index is 0.0386. The lowest BCUT2D eigenvalue weighted by molar-refractivity contribution is -0.124. The van der Waals surface area contributed by atoms with Gasteiger partial charge in [-0.2, -0.15) is 0 Å². The lowest BCUT2D eigenvalue weighted by Crippen LogP contribution is -2.39. The van der Waals surface area contributed by atoms with Gasteiger partial charge in [-0.05, 0) is 12.3 Å². The van der Waals surface area contributed by atoms with Gasteiger partial charge in [-0.1, -0.05) is 20.8 Å². The van der Waals surface area contributed by atoms with Crippen molar-refractivity contribution in [1.29, 1.82) is 0 Å². The molecule has 1 unspecified atom stereocenters. The normalized spacial score (nSPS) is 12.7. The second kappa shape index (κ2) is 5.75. The zero-order valence-electron chi connectivity index (χ0n) is 7.96. The van der Waals surface area contributed by atoms with Gasteiger partial charge in [-0.15, -0.1) is 0 Å². The molecule has 0 radical (unpaired) electrons. The van der Waals surface area contributed by atoms with Crippen molar-refractivity contribution >= 4 is 12.2 Å². The number of hydrogen-bond donors (Lipinski definition) is 1. The van der Waals surface area contributed by atoms with Crippen LogP contribution in [0.5, 0.6) is 0 Å². The van der Waals surface area contributed by atoms with E-state index in [0.29, 0.717) is 6.42 Å². The summed E-state index contributed by atoms with van der Waals surface area (Å²) in [7, 11) is 0. The van der Waals surface area contributed by atoms with Gasteiger partial charge in [0, 0.05) is 6.42 Å². The van der Waals surface area contributed by atoms with Gasteiger partial charge in [0.15, 0.2) is 0 Å². The molecule has 70 valence electrons. The number of hydrogen-bond acceptors (Lipinski definition) is 2. The van der Waals surface area contributed by atoms with Crippen LogP contribution in [0.3, 0.4) is 0 Å². The summed E-state index contributed by atoms with van der Waals surface area (Å²) >= 11 is 0. The van der Waals surface area contributed by atoms with Crippen molar-refractivity contribution < 1.29 is 9.59 Å². The van der Waals surface area contributed by atoms with Crippen molar-refractivity contribution in [3.63, 3.8) is 0 Å². The highest BCUT2D eigenvalue weighted by atomic mass is 16.2. The van der Waals surface area contributed by atoms with Gasteiger partial charge >= 0.3 is 0 Å². The van der Waals surface area contributed by atoms with Crippen molar-refractivity contribution in [3.8, 4) is 0 Å². The molecular formula is C9H17NO2. The number of nitrogens with one attached hydrogen (secondary N) is 1. The van der Waals surface area contributed by atoms with Gasteiger partial charge in [0.05, 0.1) is 6.04 Å². The second-order valence-corrected chi connectivity index (χ2v) is 3.22. The van der Waals surface area contributed by atoms with E-state index in [0.717, 1.165) is 12.7 Å². The average molecular weight is 171 g/mol. The molecule has 0 saturated heterocycles. The van der Waals surface area contributed by atoms with Gasteiger partial charge in [0.2, 0.25) is 5.91 Å². The van der Waals surface area contributed by atoms with E-state index in [9.17, 15) is 9.59 Å². The molecule has 12 heavy (non-hydrogen) atoms. The molecular weight excluding hydrogens is 154 g/mol. The van der Waals surface area contributed by atoms with Gasteiger partial charge in [-0.3, -0.25) is 4.79 Å². The predicted molar refractivity (Wildman–Crippen MR) is 47.7 cm³/mol. The summed E-state index contributed by atoms with van der Waals surface area (Å²) in [6.07, 6.45) is 2.10. The Morgan fingerprint density at radius 3 is 2.42 bits per heavy atom. The molecule has 0 rings (SSSR count). The molecule has 0 aromatic heterocycles. The molecule has 0 saturated carbocycles. The molecule has 0 fully saturated rings. The maximum atomic E-state index is 11.0. The smallest absolute Gasteiger partial charge is 0.220 e. The van der Waals surface area contributed by atoms with Crippen LogP contribution in [0.25, 0.3) is 0 Å². The van der Waals surface area contributed by atoms with Crippen LogP contribution in [0.2, 0.25) is 0 Å². The molecule has 0 aliphatic heterocycles. The third-order valence-corrected chi connectivity index (χ3v) is 1.67. The molecule has 1 N–H and O–H groups in total. The predicted octanol–water partition coefficient (Wildman–Crippen LogP) is 1.13. The molecule has 0 spiro atoms. The number of carbonyl (C=O) groups excluding carboxylic acids is 2. The summed E-state index contributed by atoms with van der Waals surface area (Å²) in [5, 5.41) is 2.66. The van der Waals surface area contributed by atoms with E-state index in [1.54, 1.807) is 0 Å². The van der Waals surface area contributed by atoms with Gasteiger partial charge in [0.25, 0.3) is 0 Å². The zero-order chi connectivity index (χ0) is 9.56.